The average Bonchev–Trinajstić information content (AvgIpc) is 3.25. The summed E-state index contributed by atoms with van der Waals surface area (Å²) in [4.78, 5) is 27.9. The molecule has 1 aliphatic heterocycles. The molecule has 0 bridgehead atoms. The fourth-order valence-electron chi connectivity index (χ4n) is 3.66. The van der Waals surface area contributed by atoms with E-state index in [9.17, 15) is 9.59 Å². The van der Waals surface area contributed by atoms with Gasteiger partial charge >= 0.3 is 0 Å². The molecule has 0 atom stereocenters. The van der Waals surface area contributed by atoms with E-state index in [1.54, 1.807) is 18.3 Å². The minimum Gasteiger partial charge on any atom is -0.454 e. The second kappa shape index (κ2) is 9.51. The monoisotopic (exact) mass is 431 g/mol. The van der Waals surface area contributed by atoms with Crippen molar-refractivity contribution >= 4 is 17.6 Å². The van der Waals surface area contributed by atoms with E-state index in [2.05, 4.69) is 10.3 Å². The van der Waals surface area contributed by atoms with E-state index >= 15 is 0 Å². The Morgan fingerprint density at radius 3 is 2.56 bits per heavy atom. The van der Waals surface area contributed by atoms with Crippen LogP contribution in [0.25, 0.3) is 11.1 Å². The molecule has 1 aromatic heterocycles. The minimum absolute atomic E-state index is 0.0545. The van der Waals surface area contributed by atoms with Crippen LogP contribution in [0.3, 0.4) is 0 Å². The number of carbonyl (C=O) groups excluding carboxylic acids is 2. The molecule has 2 heterocycles. The van der Waals surface area contributed by atoms with E-state index in [0.717, 1.165) is 47.5 Å². The van der Waals surface area contributed by atoms with Gasteiger partial charge in [-0.05, 0) is 73.2 Å². The van der Waals surface area contributed by atoms with Crippen LogP contribution in [-0.4, -0.2) is 23.6 Å². The zero-order valence-corrected chi connectivity index (χ0v) is 17.9. The number of primary amides is 1. The number of unbranched alkanes of at least 4 members (excludes halogenated alkanes) is 1. The third kappa shape index (κ3) is 5.06. The highest BCUT2D eigenvalue weighted by atomic mass is 16.7. The first-order valence-electron chi connectivity index (χ1n) is 10.5. The lowest BCUT2D eigenvalue weighted by atomic mass is 10.0. The largest absolute Gasteiger partial charge is 0.454 e. The zero-order valence-electron chi connectivity index (χ0n) is 17.9. The lowest BCUT2D eigenvalue weighted by Crippen LogP contribution is -2.12. The second-order valence-corrected chi connectivity index (χ2v) is 7.77. The van der Waals surface area contributed by atoms with Gasteiger partial charge in [0.1, 0.15) is 5.82 Å². The summed E-state index contributed by atoms with van der Waals surface area (Å²) >= 11 is 0. The summed E-state index contributed by atoms with van der Waals surface area (Å²) in [5.74, 6) is 1.58. The fourth-order valence-corrected chi connectivity index (χ4v) is 3.66. The summed E-state index contributed by atoms with van der Waals surface area (Å²) in [6.07, 6.45) is 4.72. The summed E-state index contributed by atoms with van der Waals surface area (Å²) < 4.78 is 10.7. The van der Waals surface area contributed by atoms with Crippen LogP contribution in [0.15, 0.2) is 54.7 Å². The molecule has 3 aromatic rings. The number of fused-ring (bicyclic) bond motifs is 1. The quantitative estimate of drug-likeness (QED) is 0.519. The van der Waals surface area contributed by atoms with Gasteiger partial charge in [-0.25, -0.2) is 4.98 Å². The highest BCUT2D eigenvalue weighted by Crippen LogP contribution is 2.33. The van der Waals surface area contributed by atoms with Gasteiger partial charge in [-0.1, -0.05) is 18.2 Å². The molecule has 0 unspecified atom stereocenters. The predicted octanol–water partition coefficient (Wildman–Crippen LogP) is 4.24. The van der Waals surface area contributed by atoms with E-state index in [4.69, 9.17) is 15.2 Å². The number of anilines is 1. The van der Waals surface area contributed by atoms with Crippen LogP contribution in [0, 0.1) is 6.92 Å². The van der Waals surface area contributed by atoms with Crippen molar-refractivity contribution in [1.29, 1.82) is 0 Å². The maximum absolute atomic E-state index is 12.3. The zero-order chi connectivity index (χ0) is 22.5. The van der Waals surface area contributed by atoms with E-state index in [1.807, 2.05) is 43.3 Å². The number of aryl methyl sites for hydroxylation is 2. The summed E-state index contributed by atoms with van der Waals surface area (Å²) in [5.41, 5.74) is 9.76. The Labute approximate surface area is 186 Å². The molecule has 0 spiro atoms. The van der Waals surface area contributed by atoms with E-state index in [0.29, 0.717) is 17.8 Å². The topological polar surface area (TPSA) is 104 Å². The number of pyridine rings is 1. The first-order chi connectivity index (χ1) is 15.5. The van der Waals surface area contributed by atoms with Gasteiger partial charge in [0.2, 0.25) is 18.6 Å². The molecule has 164 valence electrons. The van der Waals surface area contributed by atoms with Crippen molar-refractivity contribution in [3.63, 3.8) is 0 Å². The molecule has 7 nitrogen and oxygen atoms in total. The molecule has 0 saturated carbocycles. The van der Waals surface area contributed by atoms with Gasteiger partial charge < -0.3 is 20.5 Å². The highest BCUT2D eigenvalue weighted by molar-refractivity contribution is 5.93. The van der Waals surface area contributed by atoms with E-state index < -0.39 is 5.91 Å². The molecular formula is C25H25N3O4. The number of nitrogens with two attached hydrogens (primary N) is 1. The Balaban J connectivity index is 1.27. The van der Waals surface area contributed by atoms with Crippen molar-refractivity contribution < 1.29 is 19.1 Å². The van der Waals surface area contributed by atoms with E-state index in [-0.39, 0.29) is 12.7 Å². The van der Waals surface area contributed by atoms with E-state index in [1.165, 1.54) is 5.56 Å². The number of amides is 2. The maximum atomic E-state index is 12.3. The summed E-state index contributed by atoms with van der Waals surface area (Å²) in [7, 11) is 0. The smallest absolute Gasteiger partial charge is 0.248 e. The molecule has 2 aromatic carbocycles. The molecule has 4 rings (SSSR count). The number of hydrogen-bond acceptors (Lipinski definition) is 5. The lowest BCUT2D eigenvalue weighted by Gasteiger charge is -2.10. The van der Waals surface area contributed by atoms with Crippen LogP contribution >= 0.6 is 0 Å². The maximum Gasteiger partial charge on any atom is 0.248 e. The Bertz CT molecular complexity index is 1140. The molecule has 2 amide bonds. The van der Waals surface area contributed by atoms with Crippen molar-refractivity contribution in [2.45, 2.75) is 32.6 Å². The van der Waals surface area contributed by atoms with Crippen LogP contribution in [0.5, 0.6) is 11.5 Å². The van der Waals surface area contributed by atoms with Crippen LogP contribution < -0.4 is 20.5 Å². The van der Waals surface area contributed by atoms with Crippen molar-refractivity contribution in [1.82, 2.24) is 4.98 Å². The molecule has 0 fully saturated rings. The normalized spacial score (nSPS) is 11.9. The molecule has 0 radical (unpaired) electrons. The minimum atomic E-state index is -0.458. The standard InChI is InChI=1S/C25H25N3O4/c1-16-12-23(27-14-20(16)18-7-9-19(10-8-18)25(26)30)28-24(29)5-3-2-4-17-6-11-21-22(13-17)32-15-31-21/h6-14H,2-5,15H2,1H3,(H2,26,30)(H,27,28,29). The molecular weight excluding hydrogens is 406 g/mol. The number of nitrogens with one attached hydrogen (secondary N) is 1. The Kier molecular flexibility index (Phi) is 6.35. The van der Waals surface area contributed by atoms with Gasteiger partial charge in [0.25, 0.3) is 0 Å². The molecule has 3 N–H and O–H groups in total. The van der Waals surface area contributed by atoms with Crippen molar-refractivity contribution in [3.8, 4) is 22.6 Å². The number of nitrogens with zero attached hydrogens (tertiary/aromatic N) is 1. The van der Waals surface area contributed by atoms with Crippen molar-refractivity contribution in [2.24, 2.45) is 5.73 Å². The Hall–Kier alpha value is -3.87. The van der Waals surface area contributed by atoms with Crippen molar-refractivity contribution in [3.05, 3.63) is 71.4 Å². The third-order valence-corrected chi connectivity index (χ3v) is 5.41. The van der Waals surface area contributed by atoms with Crippen LogP contribution in [0.1, 0.15) is 40.7 Å². The highest BCUT2D eigenvalue weighted by Gasteiger charge is 2.13. The predicted molar refractivity (Wildman–Crippen MR) is 122 cm³/mol. The summed E-state index contributed by atoms with van der Waals surface area (Å²) in [6.45, 7) is 2.23. The Morgan fingerprint density at radius 1 is 1.03 bits per heavy atom. The first kappa shape index (κ1) is 21.4. The molecule has 1 aliphatic rings. The van der Waals surface area contributed by atoms with Gasteiger partial charge in [-0.15, -0.1) is 0 Å². The third-order valence-electron chi connectivity index (χ3n) is 5.41. The van der Waals surface area contributed by atoms with Crippen LogP contribution in [0.2, 0.25) is 0 Å². The van der Waals surface area contributed by atoms with Gasteiger partial charge in [0, 0.05) is 23.7 Å². The van der Waals surface area contributed by atoms with Gasteiger partial charge in [0.15, 0.2) is 11.5 Å². The number of aromatic nitrogens is 1. The second-order valence-electron chi connectivity index (χ2n) is 7.77. The summed E-state index contributed by atoms with van der Waals surface area (Å²) in [5, 5.41) is 2.87. The average molecular weight is 431 g/mol. The van der Waals surface area contributed by atoms with Gasteiger partial charge in [-0.2, -0.15) is 0 Å². The fraction of sp³-hybridized carbons (Fsp3) is 0.240. The van der Waals surface area contributed by atoms with Gasteiger partial charge in [0.05, 0.1) is 0 Å². The molecule has 7 heteroatoms. The number of hydrogen-bond donors (Lipinski definition) is 2. The first-order valence-corrected chi connectivity index (χ1v) is 10.5. The SMILES string of the molecule is Cc1cc(NC(=O)CCCCc2ccc3c(c2)OCO3)ncc1-c1ccc(C(N)=O)cc1. The Morgan fingerprint density at radius 2 is 1.81 bits per heavy atom. The molecule has 0 aliphatic carbocycles. The van der Waals surface area contributed by atoms with Crippen molar-refractivity contribution in [2.75, 3.05) is 12.1 Å². The number of rotatable bonds is 8. The number of ether oxygens (including phenoxy) is 2. The summed E-state index contributed by atoms with van der Waals surface area (Å²) in [6, 6.07) is 14.9. The lowest BCUT2D eigenvalue weighted by molar-refractivity contribution is -0.116. The van der Waals surface area contributed by atoms with Crippen LogP contribution in [-0.2, 0) is 11.2 Å². The molecule has 0 saturated heterocycles. The number of benzene rings is 2. The number of carbonyl (C=O) groups is 2. The molecule has 32 heavy (non-hydrogen) atoms. The van der Waals surface area contributed by atoms with Crippen LogP contribution in [0.4, 0.5) is 5.82 Å². The van der Waals surface area contributed by atoms with Gasteiger partial charge in [-0.3, -0.25) is 9.59 Å².